The number of hydrogen-bond donors (Lipinski definition) is 3. The molecule has 8 heteroatoms. The van der Waals surface area contributed by atoms with Crippen LogP contribution < -0.4 is 15.8 Å². The SMILES string of the molecule is COCCNC(=O)CNS(=O)(=O)c1ccccc1N. The molecule has 0 aromatic heterocycles. The molecular formula is C11H17N3O4S. The van der Waals surface area contributed by atoms with Gasteiger partial charge < -0.3 is 15.8 Å². The molecule has 0 unspecified atom stereocenters. The van der Waals surface area contributed by atoms with Crippen molar-refractivity contribution in [3.05, 3.63) is 24.3 Å². The van der Waals surface area contributed by atoms with Gasteiger partial charge in [0.2, 0.25) is 15.9 Å². The molecule has 0 heterocycles. The number of nitrogen functional groups attached to an aromatic ring is 1. The molecule has 0 bridgehead atoms. The average molecular weight is 287 g/mol. The fraction of sp³-hybridized carbons (Fsp3) is 0.364. The van der Waals surface area contributed by atoms with E-state index in [0.717, 1.165) is 0 Å². The first-order valence-electron chi connectivity index (χ1n) is 5.57. The second-order valence-electron chi connectivity index (χ2n) is 3.71. The number of ether oxygens (including phenoxy) is 1. The van der Waals surface area contributed by atoms with Crippen LogP contribution in [0.15, 0.2) is 29.2 Å². The van der Waals surface area contributed by atoms with Crippen molar-refractivity contribution >= 4 is 21.6 Å². The van der Waals surface area contributed by atoms with E-state index in [4.69, 9.17) is 10.5 Å². The molecule has 0 saturated heterocycles. The summed E-state index contributed by atoms with van der Waals surface area (Å²) in [4.78, 5) is 11.3. The van der Waals surface area contributed by atoms with Crippen LogP contribution in [-0.2, 0) is 19.6 Å². The number of anilines is 1. The van der Waals surface area contributed by atoms with Crippen LogP contribution >= 0.6 is 0 Å². The zero-order valence-corrected chi connectivity index (χ0v) is 11.4. The molecule has 0 aliphatic carbocycles. The van der Waals surface area contributed by atoms with Gasteiger partial charge in [-0.1, -0.05) is 12.1 Å². The largest absolute Gasteiger partial charge is 0.398 e. The Morgan fingerprint density at radius 3 is 2.68 bits per heavy atom. The quantitative estimate of drug-likeness (QED) is 0.454. The fourth-order valence-electron chi connectivity index (χ4n) is 1.32. The van der Waals surface area contributed by atoms with Gasteiger partial charge in [-0.15, -0.1) is 0 Å². The maximum Gasteiger partial charge on any atom is 0.243 e. The maximum absolute atomic E-state index is 11.9. The highest BCUT2D eigenvalue weighted by molar-refractivity contribution is 7.89. The van der Waals surface area contributed by atoms with Crippen LogP contribution in [0.3, 0.4) is 0 Å². The molecule has 0 saturated carbocycles. The average Bonchev–Trinajstić information content (AvgIpc) is 2.37. The van der Waals surface area contributed by atoms with E-state index < -0.39 is 15.9 Å². The molecule has 0 spiro atoms. The summed E-state index contributed by atoms with van der Waals surface area (Å²) in [6, 6.07) is 6.04. The van der Waals surface area contributed by atoms with Crippen molar-refractivity contribution in [1.82, 2.24) is 10.0 Å². The zero-order valence-electron chi connectivity index (χ0n) is 10.5. The Hall–Kier alpha value is -1.64. The third-order valence-electron chi connectivity index (χ3n) is 2.26. The van der Waals surface area contributed by atoms with Crippen LogP contribution in [0.4, 0.5) is 5.69 Å². The molecule has 0 aliphatic heterocycles. The van der Waals surface area contributed by atoms with Crippen LogP contribution in [0.25, 0.3) is 0 Å². The van der Waals surface area contributed by atoms with Crippen molar-refractivity contribution in [3.63, 3.8) is 0 Å². The molecule has 7 nitrogen and oxygen atoms in total. The number of carbonyl (C=O) groups is 1. The Morgan fingerprint density at radius 1 is 1.37 bits per heavy atom. The summed E-state index contributed by atoms with van der Waals surface area (Å²) in [6.07, 6.45) is 0. The van der Waals surface area contributed by atoms with Gasteiger partial charge in [0.05, 0.1) is 18.8 Å². The van der Waals surface area contributed by atoms with Crippen LogP contribution in [-0.4, -0.2) is 41.1 Å². The van der Waals surface area contributed by atoms with E-state index in [9.17, 15) is 13.2 Å². The second-order valence-corrected chi connectivity index (χ2v) is 5.44. The van der Waals surface area contributed by atoms with Gasteiger partial charge >= 0.3 is 0 Å². The second kappa shape index (κ2) is 7.07. The minimum Gasteiger partial charge on any atom is -0.398 e. The summed E-state index contributed by atoms with van der Waals surface area (Å²) in [5, 5.41) is 2.50. The Bertz CT molecular complexity index is 530. The van der Waals surface area contributed by atoms with Crippen molar-refractivity contribution < 1.29 is 17.9 Å². The standard InChI is InChI=1S/C11H17N3O4S/c1-18-7-6-13-11(15)8-14-19(16,17)10-5-3-2-4-9(10)12/h2-5,14H,6-8,12H2,1H3,(H,13,15). The Labute approximate surface area is 112 Å². The topological polar surface area (TPSA) is 111 Å². The van der Waals surface area contributed by atoms with E-state index in [0.29, 0.717) is 13.2 Å². The molecule has 0 fully saturated rings. The van der Waals surface area contributed by atoms with E-state index in [2.05, 4.69) is 10.0 Å². The normalized spacial score (nSPS) is 11.2. The number of nitrogens with one attached hydrogen (secondary N) is 2. The number of para-hydroxylation sites is 1. The fourth-order valence-corrected chi connectivity index (χ4v) is 2.43. The summed E-state index contributed by atoms with van der Waals surface area (Å²) >= 11 is 0. The molecule has 1 aromatic carbocycles. The third-order valence-corrected chi connectivity index (χ3v) is 3.73. The summed E-state index contributed by atoms with van der Waals surface area (Å²) in [6.45, 7) is 0.342. The van der Waals surface area contributed by atoms with E-state index in [1.54, 1.807) is 12.1 Å². The van der Waals surface area contributed by atoms with E-state index in [-0.39, 0.29) is 17.1 Å². The molecule has 0 atom stereocenters. The number of carbonyl (C=O) groups excluding carboxylic acids is 1. The van der Waals surface area contributed by atoms with Gasteiger partial charge in [-0.25, -0.2) is 13.1 Å². The summed E-state index contributed by atoms with van der Waals surface area (Å²) in [5.41, 5.74) is 5.71. The molecular weight excluding hydrogens is 270 g/mol. The Kier molecular flexibility index (Phi) is 5.74. The molecule has 1 aromatic rings. The van der Waals surface area contributed by atoms with Crippen molar-refractivity contribution in [2.24, 2.45) is 0 Å². The van der Waals surface area contributed by atoms with Gasteiger partial charge in [-0.05, 0) is 12.1 Å². The van der Waals surface area contributed by atoms with Gasteiger partial charge in [0.25, 0.3) is 0 Å². The number of sulfonamides is 1. The van der Waals surface area contributed by atoms with Gasteiger partial charge in [0.1, 0.15) is 4.90 Å². The molecule has 19 heavy (non-hydrogen) atoms. The highest BCUT2D eigenvalue weighted by Crippen LogP contribution is 2.16. The molecule has 106 valence electrons. The smallest absolute Gasteiger partial charge is 0.243 e. The first-order chi connectivity index (χ1) is 8.97. The predicted octanol–water partition coefficient (Wildman–Crippen LogP) is -0.690. The number of amides is 1. The number of nitrogens with two attached hydrogens (primary N) is 1. The number of methoxy groups -OCH3 is 1. The number of hydrogen-bond acceptors (Lipinski definition) is 5. The lowest BCUT2D eigenvalue weighted by Gasteiger charge is -2.09. The summed E-state index contributed by atoms with van der Waals surface area (Å²) in [5.74, 6) is -0.435. The van der Waals surface area contributed by atoms with Gasteiger partial charge in [0.15, 0.2) is 0 Å². The Morgan fingerprint density at radius 2 is 2.05 bits per heavy atom. The van der Waals surface area contributed by atoms with Gasteiger partial charge in [0, 0.05) is 13.7 Å². The minimum atomic E-state index is -3.78. The highest BCUT2D eigenvalue weighted by Gasteiger charge is 2.17. The van der Waals surface area contributed by atoms with Crippen molar-refractivity contribution in [2.75, 3.05) is 32.5 Å². The van der Waals surface area contributed by atoms with E-state index >= 15 is 0 Å². The molecule has 1 rings (SSSR count). The summed E-state index contributed by atoms with van der Waals surface area (Å²) < 4.78 is 30.7. The molecule has 0 aliphatic rings. The monoisotopic (exact) mass is 287 g/mol. The number of benzene rings is 1. The maximum atomic E-state index is 11.9. The zero-order chi connectivity index (χ0) is 14.3. The van der Waals surface area contributed by atoms with Gasteiger partial charge in [-0.3, -0.25) is 4.79 Å². The number of rotatable bonds is 7. The van der Waals surface area contributed by atoms with Gasteiger partial charge in [-0.2, -0.15) is 0 Å². The lowest BCUT2D eigenvalue weighted by Crippen LogP contribution is -2.38. The minimum absolute atomic E-state index is 0.0420. The lowest BCUT2D eigenvalue weighted by molar-refractivity contribution is -0.120. The predicted molar refractivity (Wildman–Crippen MR) is 70.9 cm³/mol. The van der Waals surface area contributed by atoms with Crippen LogP contribution in [0.1, 0.15) is 0 Å². The van der Waals surface area contributed by atoms with E-state index in [1.807, 2.05) is 0 Å². The lowest BCUT2D eigenvalue weighted by atomic mass is 10.3. The molecule has 1 amide bonds. The van der Waals surface area contributed by atoms with Crippen LogP contribution in [0.5, 0.6) is 0 Å². The van der Waals surface area contributed by atoms with Crippen molar-refractivity contribution in [1.29, 1.82) is 0 Å². The van der Waals surface area contributed by atoms with Crippen LogP contribution in [0.2, 0.25) is 0 Å². The van der Waals surface area contributed by atoms with Crippen LogP contribution in [0, 0.1) is 0 Å². The Balaban J connectivity index is 2.57. The summed E-state index contributed by atoms with van der Waals surface area (Å²) in [7, 11) is -2.28. The van der Waals surface area contributed by atoms with Crippen molar-refractivity contribution in [3.8, 4) is 0 Å². The molecule has 4 N–H and O–H groups in total. The highest BCUT2D eigenvalue weighted by atomic mass is 32.2. The third kappa shape index (κ3) is 4.86. The first kappa shape index (κ1) is 15.4. The molecule has 0 radical (unpaired) electrons. The first-order valence-corrected chi connectivity index (χ1v) is 7.05. The van der Waals surface area contributed by atoms with E-state index in [1.165, 1.54) is 19.2 Å². The van der Waals surface area contributed by atoms with Crippen molar-refractivity contribution in [2.45, 2.75) is 4.90 Å².